The molecule has 0 aliphatic rings. The Hall–Kier alpha value is -2.62. The van der Waals surface area contributed by atoms with Crippen LogP contribution in [-0.4, -0.2) is 30.5 Å². The van der Waals surface area contributed by atoms with Gasteiger partial charge in [0.05, 0.1) is 12.7 Å². The number of nitriles is 1. The van der Waals surface area contributed by atoms with Gasteiger partial charge in [-0.1, -0.05) is 0 Å². The Labute approximate surface area is 108 Å². The minimum Gasteiger partial charge on any atom is -0.494 e. The third kappa shape index (κ3) is 2.98. The Morgan fingerprint density at radius 2 is 2.05 bits per heavy atom. The fourth-order valence-electron chi connectivity index (χ4n) is 1.57. The van der Waals surface area contributed by atoms with Crippen molar-refractivity contribution in [3.05, 3.63) is 27.2 Å². The number of esters is 1. The number of carbonyl (C=O) groups excluding carboxylic acids is 2. The van der Waals surface area contributed by atoms with Gasteiger partial charge in [0.2, 0.25) is 5.78 Å². The van der Waals surface area contributed by atoms with Gasteiger partial charge in [0.25, 0.3) is 5.56 Å². The van der Waals surface area contributed by atoms with Crippen LogP contribution in [0.15, 0.2) is 4.79 Å². The highest BCUT2D eigenvalue weighted by molar-refractivity contribution is 6.01. The predicted molar refractivity (Wildman–Crippen MR) is 64.0 cm³/mol. The lowest BCUT2D eigenvalue weighted by atomic mass is 10.1. The van der Waals surface area contributed by atoms with E-state index in [1.165, 1.54) is 21.0 Å². The lowest BCUT2D eigenvalue weighted by Gasteiger charge is -2.11. The Morgan fingerprint density at radius 1 is 1.42 bits per heavy atom. The number of nitrogens with zero attached hydrogens (tertiary/aromatic N) is 1. The Bertz CT molecular complexity index is 624. The van der Waals surface area contributed by atoms with E-state index in [1.54, 1.807) is 6.07 Å². The van der Waals surface area contributed by atoms with Crippen molar-refractivity contribution < 1.29 is 19.1 Å². The summed E-state index contributed by atoms with van der Waals surface area (Å²) in [6.07, 6.45) is 0. The van der Waals surface area contributed by atoms with Crippen LogP contribution in [0, 0.1) is 18.3 Å². The summed E-state index contributed by atoms with van der Waals surface area (Å²) < 4.78 is 9.55. The predicted octanol–water partition coefficient (Wildman–Crippen LogP) is 0.309. The monoisotopic (exact) mass is 264 g/mol. The summed E-state index contributed by atoms with van der Waals surface area (Å²) in [5.74, 6) is -1.27. The van der Waals surface area contributed by atoms with E-state index in [-0.39, 0.29) is 22.6 Å². The van der Waals surface area contributed by atoms with Gasteiger partial charge in [-0.2, -0.15) is 5.26 Å². The van der Waals surface area contributed by atoms with Gasteiger partial charge in [0, 0.05) is 12.6 Å². The van der Waals surface area contributed by atoms with Crippen LogP contribution in [0.1, 0.15) is 28.5 Å². The van der Waals surface area contributed by atoms with Crippen molar-refractivity contribution in [3.8, 4) is 11.8 Å². The van der Waals surface area contributed by atoms with E-state index in [4.69, 9.17) is 10.00 Å². The number of carbonyl (C=O) groups is 2. The van der Waals surface area contributed by atoms with Crippen molar-refractivity contribution in [3.63, 3.8) is 0 Å². The lowest BCUT2D eigenvalue weighted by Crippen LogP contribution is -2.21. The number of aromatic nitrogens is 1. The van der Waals surface area contributed by atoms with E-state index in [0.717, 1.165) is 0 Å². The summed E-state index contributed by atoms with van der Waals surface area (Å²) >= 11 is 0. The van der Waals surface area contributed by atoms with Gasteiger partial charge in [-0.3, -0.25) is 14.4 Å². The van der Waals surface area contributed by atoms with Crippen LogP contribution >= 0.6 is 0 Å². The second-order valence-corrected chi connectivity index (χ2v) is 3.68. The summed E-state index contributed by atoms with van der Waals surface area (Å²) in [5.41, 5.74) is -0.655. The zero-order valence-electron chi connectivity index (χ0n) is 10.7. The number of H-pyrrole nitrogens is 1. The van der Waals surface area contributed by atoms with Crippen LogP contribution in [0.25, 0.3) is 0 Å². The van der Waals surface area contributed by atoms with E-state index in [0.29, 0.717) is 0 Å². The number of aromatic amines is 1. The number of hydrogen-bond acceptors (Lipinski definition) is 6. The van der Waals surface area contributed by atoms with Crippen molar-refractivity contribution in [2.75, 3.05) is 13.7 Å². The van der Waals surface area contributed by atoms with Gasteiger partial charge in [-0.25, -0.2) is 0 Å². The summed E-state index contributed by atoms with van der Waals surface area (Å²) in [6, 6.07) is 1.67. The zero-order chi connectivity index (χ0) is 14.6. The molecule has 0 amide bonds. The first kappa shape index (κ1) is 14.4. The number of ether oxygens (including phenoxy) is 2. The molecular formula is C12H12N2O5. The maximum Gasteiger partial charge on any atom is 0.303 e. The molecule has 1 rings (SSSR count). The lowest BCUT2D eigenvalue weighted by molar-refractivity contribution is -0.139. The third-order valence-electron chi connectivity index (χ3n) is 2.36. The molecule has 0 saturated carbocycles. The number of methoxy groups -OCH3 is 1. The summed E-state index contributed by atoms with van der Waals surface area (Å²) in [7, 11) is 1.25. The highest BCUT2D eigenvalue weighted by Gasteiger charge is 2.22. The van der Waals surface area contributed by atoms with Crippen LogP contribution < -0.4 is 10.3 Å². The molecule has 1 aromatic rings. The quantitative estimate of drug-likeness (QED) is 0.619. The molecule has 0 saturated heterocycles. The maximum absolute atomic E-state index is 11.9. The summed E-state index contributed by atoms with van der Waals surface area (Å²) in [6.45, 7) is 2.18. The molecule has 0 atom stereocenters. The number of hydrogen-bond donors (Lipinski definition) is 1. The Kier molecular flexibility index (Phi) is 4.42. The SMILES string of the molecule is COc1c(C(=O)COC(C)=O)c(C)[nH]c(=O)c1C#N. The van der Waals surface area contributed by atoms with Crippen LogP contribution in [-0.2, 0) is 9.53 Å². The van der Waals surface area contributed by atoms with Gasteiger partial charge in [-0.15, -0.1) is 0 Å². The van der Waals surface area contributed by atoms with E-state index >= 15 is 0 Å². The third-order valence-corrected chi connectivity index (χ3v) is 2.36. The van der Waals surface area contributed by atoms with E-state index < -0.39 is 23.9 Å². The average Bonchev–Trinajstić information content (AvgIpc) is 2.34. The zero-order valence-corrected chi connectivity index (χ0v) is 10.7. The van der Waals surface area contributed by atoms with Crippen LogP contribution in [0.4, 0.5) is 0 Å². The minimum absolute atomic E-state index is 0.0277. The Morgan fingerprint density at radius 3 is 2.53 bits per heavy atom. The molecule has 0 spiro atoms. The van der Waals surface area contributed by atoms with Gasteiger partial charge in [0.15, 0.2) is 17.9 Å². The van der Waals surface area contributed by atoms with E-state index in [1.807, 2.05) is 0 Å². The van der Waals surface area contributed by atoms with E-state index in [9.17, 15) is 14.4 Å². The molecule has 0 unspecified atom stereocenters. The second-order valence-electron chi connectivity index (χ2n) is 3.68. The van der Waals surface area contributed by atoms with Crippen molar-refractivity contribution in [1.29, 1.82) is 5.26 Å². The maximum atomic E-state index is 11.9. The molecule has 0 aliphatic carbocycles. The average molecular weight is 264 g/mol. The molecule has 7 nitrogen and oxygen atoms in total. The molecule has 0 radical (unpaired) electrons. The highest BCUT2D eigenvalue weighted by Crippen LogP contribution is 2.23. The van der Waals surface area contributed by atoms with Gasteiger partial charge >= 0.3 is 5.97 Å². The second kappa shape index (κ2) is 5.82. The van der Waals surface area contributed by atoms with Crippen molar-refractivity contribution in [2.24, 2.45) is 0 Å². The summed E-state index contributed by atoms with van der Waals surface area (Å²) in [4.78, 5) is 36.5. The molecule has 19 heavy (non-hydrogen) atoms. The normalized spacial score (nSPS) is 9.58. The molecular weight excluding hydrogens is 252 g/mol. The number of rotatable bonds is 4. The fourth-order valence-corrected chi connectivity index (χ4v) is 1.57. The van der Waals surface area contributed by atoms with Gasteiger partial charge in [0.1, 0.15) is 6.07 Å². The van der Waals surface area contributed by atoms with Crippen LogP contribution in [0.5, 0.6) is 5.75 Å². The molecule has 7 heteroatoms. The fraction of sp³-hybridized carbons (Fsp3) is 0.333. The number of aryl methyl sites for hydroxylation is 1. The topological polar surface area (TPSA) is 109 Å². The Balaban J connectivity index is 3.35. The first-order valence-electron chi connectivity index (χ1n) is 5.29. The number of Topliss-reactive ketones (excluding diaryl/α,β-unsaturated/α-hetero) is 1. The molecule has 0 fully saturated rings. The van der Waals surface area contributed by atoms with Crippen LogP contribution in [0.3, 0.4) is 0 Å². The largest absolute Gasteiger partial charge is 0.494 e. The molecule has 1 aromatic heterocycles. The molecule has 0 aliphatic heterocycles. The van der Waals surface area contributed by atoms with E-state index in [2.05, 4.69) is 9.72 Å². The van der Waals surface area contributed by atoms with Crippen molar-refractivity contribution in [1.82, 2.24) is 4.98 Å². The molecule has 0 bridgehead atoms. The number of nitrogens with one attached hydrogen (secondary N) is 1. The van der Waals surface area contributed by atoms with Gasteiger partial charge < -0.3 is 14.5 Å². The molecule has 0 aromatic carbocycles. The minimum atomic E-state index is -0.638. The number of ketones is 1. The number of pyridine rings is 1. The van der Waals surface area contributed by atoms with Crippen LogP contribution in [0.2, 0.25) is 0 Å². The molecule has 100 valence electrons. The van der Waals surface area contributed by atoms with Crippen molar-refractivity contribution in [2.45, 2.75) is 13.8 Å². The highest BCUT2D eigenvalue weighted by atomic mass is 16.5. The summed E-state index contributed by atoms with van der Waals surface area (Å²) in [5, 5.41) is 8.90. The first-order valence-corrected chi connectivity index (χ1v) is 5.29. The van der Waals surface area contributed by atoms with Crippen molar-refractivity contribution >= 4 is 11.8 Å². The smallest absolute Gasteiger partial charge is 0.303 e. The molecule has 1 heterocycles. The standard InChI is InChI=1S/C12H12N2O5/c1-6-10(9(16)5-19-7(2)15)11(18-3)8(4-13)12(17)14-6/h5H2,1-3H3,(H,14,17). The first-order chi connectivity index (χ1) is 8.92. The molecule has 1 N–H and O–H groups in total. The van der Waals surface area contributed by atoms with Gasteiger partial charge in [-0.05, 0) is 6.92 Å².